The summed E-state index contributed by atoms with van der Waals surface area (Å²) in [6, 6.07) is -2.46. The Balaban J connectivity index is 1.94. The lowest BCUT2D eigenvalue weighted by atomic mass is 9.69. The molecular weight excluding hydrogens is 332 g/mol. The van der Waals surface area contributed by atoms with Crippen molar-refractivity contribution >= 4 is 21.8 Å². The first kappa shape index (κ1) is 17.7. The van der Waals surface area contributed by atoms with Gasteiger partial charge in [-0.1, -0.05) is 20.8 Å². The zero-order chi connectivity index (χ0) is 18.1. The van der Waals surface area contributed by atoms with Gasteiger partial charge in [0.2, 0.25) is 10.0 Å². The van der Waals surface area contributed by atoms with E-state index >= 15 is 0 Å². The maximum absolute atomic E-state index is 12.7. The van der Waals surface area contributed by atoms with E-state index in [-0.39, 0.29) is 23.4 Å². The standard InChI is InChI=1S/C16H26N2O5S/c1-5-12(19)10(2)17(21)14(20)18-13-8-11-6-7-16(13,15(11,3)4)9-24(18,22)23/h10-11,13,21H,5-9H2,1-4H3/t10-,11?,13?,16?/m1/s1. The zero-order valence-electron chi connectivity index (χ0n) is 14.7. The van der Waals surface area contributed by atoms with Crippen molar-refractivity contribution in [3.05, 3.63) is 0 Å². The highest BCUT2D eigenvalue weighted by Gasteiger charge is 2.72. The number of carbonyl (C=O) groups is 2. The molecule has 1 aliphatic heterocycles. The van der Waals surface area contributed by atoms with Crippen molar-refractivity contribution < 1.29 is 23.2 Å². The lowest BCUT2D eigenvalue weighted by Gasteiger charge is -2.37. The maximum Gasteiger partial charge on any atom is 0.358 e. The molecule has 0 radical (unpaired) electrons. The molecule has 0 aromatic rings. The Bertz CT molecular complexity index is 689. The Labute approximate surface area is 143 Å². The number of rotatable bonds is 3. The summed E-state index contributed by atoms with van der Waals surface area (Å²) in [6.45, 7) is 7.23. The molecular formula is C16H26N2O5S. The lowest BCUT2D eigenvalue weighted by Crippen LogP contribution is -2.52. The van der Waals surface area contributed by atoms with Crippen LogP contribution in [0.5, 0.6) is 0 Å². The van der Waals surface area contributed by atoms with Crippen molar-refractivity contribution in [3.8, 4) is 0 Å². The Morgan fingerprint density at radius 1 is 1.38 bits per heavy atom. The number of sulfonamides is 1. The van der Waals surface area contributed by atoms with Gasteiger partial charge in [0.15, 0.2) is 5.78 Å². The summed E-state index contributed by atoms with van der Waals surface area (Å²) in [4.78, 5) is 24.5. The summed E-state index contributed by atoms with van der Waals surface area (Å²) in [5.74, 6) is 0.0182. The van der Waals surface area contributed by atoms with Crippen LogP contribution in [0.1, 0.15) is 53.4 Å². The SMILES string of the molecule is CCC(=O)[C@@H](C)N(O)C(=O)N1C2CC3CCC2(CS1(=O)=O)C3(C)C. The van der Waals surface area contributed by atoms with Crippen LogP contribution in [0.4, 0.5) is 4.79 Å². The fraction of sp³-hybridized carbons (Fsp3) is 0.875. The molecule has 1 heterocycles. The molecule has 3 fully saturated rings. The van der Waals surface area contributed by atoms with Gasteiger partial charge in [-0.2, -0.15) is 5.06 Å². The molecule has 24 heavy (non-hydrogen) atoms. The minimum atomic E-state index is -3.80. The van der Waals surface area contributed by atoms with E-state index in [1.807, 2.05) is 0 Å². The van der Waals surface area contributed by atoms with Crippen molar-refractivity contribution in [2.75, 3.05) is 5.75 Å². The predicted molar refractivity (Wildman–Crippen MR) is 86.8 cm³/mol. The molecule has 3 rings (SSSR count). The van der Waals surface area contributed by atoms with Gasteiger partial charge in [-0.3, -0.25) is 10.0 Å². The van der Waals surface area contributed by atoms with Gasteiger partial charge in [0, 0.05) is 11.8 Å². The van der Waals surface area contributed by atoms with Gasteiger partial charge >= 0.3 is 6.03 Å². The largest absolute Gasteiger partial charge is 0.358 e. The third-order valence-corrected chi connectivity index (χ3v) is 8.87. The van der Waals surface area contributed by atoms with Crippen molar-refractivity contribution in [2.24, 2.45) is 16.7 Å². The van der Waals surface area contributed by atoms with Gasteiger partial charge in [-0.15, -0.1) is 0 Å². The number of hydroxylamine groups is 2. The van der Waals surface area contributed by atoms with E-state index in [1.165, 1.54) is 6.92 Å². The van der Waals surface area contributed by atoms with Gasteiger partial charge in [-0.25, -0.2) is 17.5 Å². The number of fused-ring (bicyclic) bond motifs is 1. The fourth-order valence-electron chi connectivity index (χ4n) is 5.24. The van der Waals surface area contributed by atoms with Crippen molar-refractivity contribution in [3.63, 3.8) is 0 Å². The monoisotopic (exact) mass is 358 g/mol. The fourth-order valence-corrected chi connectivity index (χ4v) is 7.74. The molecule has 7 nitrogen and oxygen atoms in total. The Morgan fingerprint density at radius 2 is 2.00 bits per heavy atom. The number of amides is 2. The average Bonchev–Trinajstić information content (AvgIpc) is 2.99. The minimum Gasteiger partial charge on any atom is -0.297 e. The Morgan fingerprint density at radius 3 is 2.54 bits per heavy atom. The highest BCUT2D eigenvalue weighted by atomic mass is 32.2. The number of hydrogen-bond donors (Lipinski definition) is 1. The Hall–Kier alpha value is -1.15. The second-order valence-corrected chi connectivity index (χ2v) is 9.89. The molecule has 1 N–H and O–H groups in total. The molecule has 3 unspecified atom stereocenters. The topological polar surface area (TPSA) is 95.0 Å². The Kier molecular flexibility index (Phi) is 3.81. The molecule has 3 aliphatic rings. The molecule has 2 bridgehead atoms. The number of carbonyl (C=O) groups excluding carboxylic acids is 2. The van der Waals surface area contributed by atoms with Crippen LogP contribution in [-0.4, -0.2) is 52.6 Å². The summed E-state index contributed by atoms with van der Waals surface area (Å²) in [5, 5.41) is 10.4. The minimum absolute atomic E-state index is 0.0517. The van der Waals surface area contributed by atoms with E-state index in [0.717, 1.165) is 17.1 Å². The number of nitrogens with zero attached hydrogens (tertiary/aromatic N) is 2. The van der Waals surface area contributed by atoms with Gasteiger partial charge < -0.3 is 0 Å². The van der Waals surface area contributed by atoms with E-state index in [1.54, 1.807) is 6.92 Å². The van der Waals surface area contributed by atoms with Crippen LogP contribution in [0.15, 0.2) is 0 Å². The van der Waals surface area contributed by atoms with Crippen LogP contribution in [0, 0.1) is 16.7 Å². The number of ketones is 1. The molecule has 2 amide bonds. The summed E-state index contributed by atoms with van der Waals surface area (Å²) in [6.07, 6.45) is 2.57. The van der Waals surface area contributed by atoms with E-state index < -0.39 is 33.6 Å². The van der Waals surface area contributed by atoms with E-state index in [0.29, 0.717) is 17.4 Å². The first-order valence-corrected chi connectivity index (χ1v) is 10.2. The normalized spacial score (nSPS) is 36.5. The summed E-state index contributed by atoms with van der Waals surface area (Å²) >= 11 is 0. The molecule has 2 aliphatic carbocycles. The first-order chi connectivity index (χ1) is 11.0. The molecule has 1 spiro atoms. The predicted octanol–water partition coefficient (Wildman–Crippen LogP) is 2.01. The molecule has 8 heteroatoms. The number of urea groups is 1. The summed E-state index contributed by atoms with van der Waals surface area (Å²) in [7, 11) is -3.80. The van der Waals surface area contributed by atoms with Crippen LogP contribution >= 0.6 is 0 Å². The highest BCUT2D eigenvalue weighted by Crippen LogP contribution is 2.70. The van der Waals surface area contributed by atoms with Gasteiger partial charge in [0.25, 0.3) is 0 Å². The van der Waals surface area contributed by atoms with Crippen LogP contribution < -0.4 is 0 Å². The number of hydrogen-bond acceptors (Lipinski definition) is 5. The van der Waals surface area contributed by atoms with Crippen LogP contribution in [-0.2, 0) is 14.8 Å². The van der Waals surface area contributed by atoms with Crippen molar-refractivity contribution in [1.29, 1.82) is 0 Å². The molecule has 0 aromatic carbocycles. The van der Waals surface area contributed by atoms with Crippen molar-refractivity contribution in [2.45, 2.75) is 65.5 Å². The van der Waals surface area contributed by atoms with Crippen LogP contribution in [0.3, 0.4) is 0 Å². The van der Waals surface area contributed by atoms with Crippen LogP contribution in [0.2, 0.25) is 0 Å². The highest BCUT2D eigenvalue weighted by molar-refractivity contribution is 7.90. The van der Waals surface area contributed by atoms with E-state index in [9.17, 15) is 23.2 Å². The van der Waals surface area contributed by atoms with Crippen LogP contribution in [0.25, 0.3) is 0 Å². The summed E-state index contributed by atoms with van der Waals surface area (Å²) in [5.41, 5.74) is -0.587. The zero-order valence-corrected chi connectivity index (χ0v) is 15.5. The quantitative estimate of drug-likeness (QED) is 0.615. The van der Waals surface area contributed by atoms with Gasteiger partial charge in [0.05, 0.1) is 11.8 Å². The molecule has 1 saturated heterocycles. The summed E-state index contributed by atoms with van der Waals surface area (Å²) < 4.78 is 26.3. The third kappa shape index (κ3) is 2.02. The van der Waals surface area contributed by atoms with Gasteiger partial charge in [0.1, 0.15) is 6.04 Å². The average molecular weight is 358 g/mol. The first-order valence-electron chi connectivity index (χ1n) is 8.56. The van der Waals surface area contributed by atoms with E-state index in [2.05, 4.69) is 13.8 Å². The third-order valence-electron chi connectivity index (χ3n) is 6.98. The van der Waals surface area contributed by atoms with E-state index in [4.69, 9.17) is 0 Å². The molecule has 136 valence electrons. The second kappa shape index (κ2) is 5.17. The second-order valence-electron chi connectivity index (χ2n) is 8.04. The maximum atomic E-state index is 12.7. The van der Waals surface area contributed by atoms with Gasteiger partial charge in [-0.05, 0) is 37.5 Å². The lowest BCUT2D eigenvalue weighted by molar-refractivity contribution is -0.137. The smallest absolute Gasteiger partial charge is 0.297 e. The molecule has 2 saturated carbocycles. The molecule has 4 atom stereocenters. The van der Waals surface area contributed by atoms with Crippen molar-refractivity contribution in [1.82, 2.24) is 9.37 Å². The molecule has 0 aromatic heterocycles. The number of Topliss-reactive ketones (excluding diaryl/α,β-unsaturated/α-hetero) is 1.